The van der Waals surface area contributed by atoms with Crippen LogP contribution in [0.15, 0.2) is 48.5 Å². The first kappa shape index (κ1) is 15.4. The lowest BCUT2D eigenvalue weighted by atomic mass is 10.0. The van der Waals surface area contributed by atoms with Gasteiger partial charge in [0.1, 0.15) is 0 Å². The maximum Gasteiger partial charge on any atom is 0.264 e. The summed E-state index contributed by atoms with van der Waals surface area (Å²) in [7, 11) is 0. The lowest BCUT2D eigenvalue weighted by molar-refractivity contribution is 0.0306. The standard InChI is InChI=1S/C20H19NO2S/c1-14-4-2-5-15(12-14)16-6-3-7-18-17(16)13-19(24-18)20(22)21-8-10-23-11-9-21/h2-7,12-13H,8-11H2,1H3. The summed E-state index contributed by atoms with van der Waals surface area (Å²) in [5, 5.41) is 1.16. The van der Waals surface area contributed by atoms with Crippen LogP contribution < -0.4 is 0 Å². The molecule has 0 unspecified atom stereocenters. The van der Waals surface area contributed by atoms with Crippen LogP contribution in [0, 0.1) is 6.92 Å². The van der Waals surface area contributed by atoms with Gasteiger partial charge in [0.15, 0.2) is 0 Å². The van der Waals surface area contributed by atoms with Crippen molar-refractivity contribution in [2.45, 2.75) is 6.92 Å². The number of nitrogens with zero attached hydrogens (tertiary/aromatic N) is 1. The number of carbonyl (C=O) groups is 1. The third-order valence-corrected chi connectivity index (χ3v) is 5.49. The number of rotatable bonds is 2. The van der Waals surface area contributed by atoms with E-state index in [0.717, 1.165) is 15.0 Å². The number of carbonyl (C=O) groups excluding carboxylic acids is 1. The molecule has 0 atom stereocenters. The van der Waals surface area contributed by atoms with Crippen LogP contribution in [0.25, 0.3) is 21.2 Å². The zero-order chi connectivity index (χ0) is 16.5. The summed E-state index contributed by atoms with van der Waals surface area (Å²) in [5.41, 5.74) is 3.63. The molecule has 1 saturated heterocycles. The molecular formula is C20H19NO2S. The van der Waals surface area contributed by atoms with Crippen LogP contribution in [0.5, 0.6) is 0 Å². The first-order chi connectivity index (χ1) is 11.7. The maximum atomic E-state index is 12.8. The molecule has 0 spiro atoms. The summed E-state index contributed by atoms with van der Waals surface area (Å²) in [5.74, 6) is 0.120. The number of ether oxygens (including phenoxy) is 1. The van der Waals surface area contributed by atoms with Crippen molar-refractivity contribution in [1.82, 2.24) is 4.90 Å². The van der Waals surface area contributed by atoms with E-state index in [1.54, 1.807) is 11.3 Å². The first-order valence-electron chi connectivity index (χ1n) is 8.19. The maximum absolute atomic E-state index is 12.8. The summed E-state index contributed by atoms with van der Waals surface area (Å²) in [6.07, 6.45) is 0. The van der Waals surface area contributed by atoms with Crippen LogP contribution in [0.2, 0.25) is 0 Å². The number of morpholine rings is 1. The second-order valence-corrected chi connectivity index (χ2v) is 7.19. The Morgan fingerprint density at radius 2 is 1.88 bits per heavy atom. The van der Waals surface area contributed by atoms with E-state index in [1.807, 2.05) is 4.90 Å². The Bertz CT molecular complexity index is 894. The van der Waals surface area contributed by atoms with Crippen LogP contribution in [-0.2, 0) is 4.74 Å². The van der Waals surface area contributed by atoms with Gasteiger partial charge in [-0.2, -0.15) is 0 Å². The number of benzene rings is 2. The van der Waals surface area contributed by atoms with Crippen LogP contribution in [0.4, 0.5) is 0 Å². The molecule has 3 nitrogen and oxygen atoms in total. The molecule has 3 aromatic rings. The van der Waals surface area contributed by atoms with Gasteiger partial charge in [0, 0.05) is 23.2 Å². The Hall–Kier alpha value is -2.17. The number of fused-ring (bicyclic) bond motifs is 1. The minimum absolute atomic E-state index is 0.120. The molecule has 4 heteroatoms. The van der Waals surface area contributed by atoms with Crippen molar-refractivity contribution < 1.29 is 9.53 Å². The van der Waals surface area contributed by atoms with E-state index in [0.29, 0.717) is 26.3 Å². The van der Waals surface area contributed by atoms with Gasteiger partial charge in [-0.05, 0) is 30.2 Å². The SMILES string of the molecule is Cc1cccc(-c2cccc3sc(C(=O)N4CCOCC4)cc23)c1. The molecule has 4 rings (SSSR count). The molecule has 1 fully saturated rings. The number of thiophene rings is 1. The molecule has 0 aliphatic carbocycles. The van der Waals surface area contributed by atoms with Gasteiger partial charge >= 0.3 is 0 Å². The van der Waals surface area contributed by atoms with E-state index in [2.05, 4.69) is 55.5 Å². The van der Waals surface area contributed by atoms with Crippen molar-refractivity contribution in [3.8, 4) is 11.1 Å². The Kier molecular flexibility index (Phi) is 4.08. The Morgan fingerprint density at radius 1 is 1.08 bits per heavy atom. The van der Waals surface area contributed by atoms with E-state index < -0.39 is 0 Å². The molecule has 122 valence electrons. The summed E-state index contributed by atoms with van der Waals surface area (Å²) in [6, 6.07) is 16.8. The topological polar surface area (TPSA) is 29.5 Å². The average Bonchev–Trinajstić information content (AvgIpc) is 3.06. The lowest BCUT2D eigenvalue weighted by Crippen LogP contribution is -2.40. The first-order valence-corrected chi connectivity index (χ1v) is 9.01. The predicted molar refractivity (Wildman–Crippen MR) is 98.7 cm³/mol. The smallest absolute Gasteiger partial charge is 0.264 e. The minimum atomic E-state index is 0.120. The number of hydrogen-bond donors (Lipinski definition) is 0. The second kappa shape index (κ2) is 6.38. The van der Waals surface area contributed by atoms with Gasteiger partial charge < -0.3 is 9.64 Å². The summed E-state index contributed by atoms with van der Waals surface area (Å²) in [6.45, 7) is 4.72. The third-order valence-electron chi connectivity index (χ3n) is 4.40. The van der Waals surface area contributed by atoms with Crippen molar-refractivity contribution >= 4 is 27.3 Å². The molecule has 0 saturated carbocycles. The second-order valence-electron chi connectivity index (χ2n) is 6.10. The number of amides is 1. The van der Waals surface area contributed by atoms with E-state index in [1.165, 1.54) is 16.7 Å². The molecule has 0 bridgehead atoms. The average molecular weight is 337 g/mol. The zero-order valence-corrected chi connectivity index (χ0v) is 14.4. The van der Waals surface area contributed by atoms with Gasteiger partial charge in [0.2, 0.25) is 0 Å². The molecule has 0 radical (unpaired) electrons. The summed E-state index contributed by atoms with van der Waals surface area (Å²) < 4.78 is 6.50. The van der Waals surface area contributed by atoms with Crippen molar-refractivity contribution in [2.75, 3.05) is 26.3 Å². The normalized spacial score (nSPS) is 15.0. The molecule has 1 aliphatic heterocycles. The van der Waals surface area contributed by atoms with Crippen molar-refractivity contribution in [1.29, 1.82) is 0 Å². The highest BCUT2D eigenvalue weighted by atomic mass is 32.1. The van der Waals surface area contributed by atoms with Gasteiger partial charge in [-0.25, -0.2) is 0 Å². The van der Waals surface area contributed by atoms with Crippen LogP contribution in [0.1, 0.15) is 15.2 Å². The third kappa shape index (κ3) is 2.83. The van der Waals surface area contributed by atoms with Gasteiger partial charge in [-0.3, -0.25) is 4.79 Å². The molecule has 2 heterocycles. The van der Waals surface area contributed by atoms with Crippen molar-refractivity contribution in [2.24, 2.45) is 0 Å². The molecule has 2 aromatic carbocycles. The number of hydrogen-bond acceptors (Lipinski definition) is 3. The fourth-order valence-corrected chi connectivity index (χ4v) is 4.21. The molecule has 0 N–H and O–H groups in total. The van der Waals surface area contributed by atoms with Gasteiger partial charge in [-0.15, -0.1) is 11.3 Å². The Labute approximate surface area is 145 Å². The molecule has 1 aliphatic rings. The van der Waals surface area contributed by atoms with Crippen LogP contribution >= 0.6 is 11.3 Å². The minimum Gasteiger partial charge on any atom is -0.378 e. The number of aryl methyl sites for hydroxylation is 1. The summed E-state index contributed by atoms with van der Waals surface area (Å²) >= 11 is 1.58. The fraction of sp³-hybridized carbons (Fsp3) is 0.250. The molecule has 1 aromatic heterocycles. The quantitative estimate of drug-likeness (QED) is 0.696. The fourth-order valence-electron chi connectivity index (χ4n) is 3.15. The lowest BCUT2D eigenvalue weighted by Gasteiger charge is -2.26. The highest BCUT2D eigenvalue weighted by Gasteiger charge is 2.21. The monoisotopic (exact) mass is 337 g/mol. The summed E-state index contributed by atoms with van der Waals surface area (Å²) in [4.78, 5) is 15.5. The van der Waals surface area contributed by atoms with Gasteiger partial charge in [0.25, 0.3) is 5.91 Å². The molecule has 24 heavy (non-hydrogen) atoms. The molecular weight excluding hydrogens is 318 g/mol. The van der Waals surface area contributed by atoms with Crippen molar-refractivity contribution in [3.63, 3.8) is 0 Å². The predicted octanol–water partition coefficient (Wildman–Crippen LogP) is 4.35. The van der Waals surface area contributed by atoms with E-state index in [9.17, 15) is 4.79 Å². The zero-order valence-electron chi connectivity index (χ0n) is 13.6. The van der Waals surface area contributed by atoms with Gasteiger partial charge in [0.05, 0.1) is 18.1 Å². The highest BCUT2D eigenvalue weighted by Crippen LogP contribution is 2.35. The van der Waals surface area contributed by atoms with Crippen LogP contribution in [-0.4, -0.2) is 37.1 Å². The van der Waals surface area contributed by atoms with E-state index in [-0.39, 0.29) is 5.91 Å². The van der Waals surface area contributed by atoms with Gasteiger partial charge in [-0.1, -0.05) is 42.0 Å². The largest absolute Gasteiger partial charge is 0.378 e. The van der Waals surface area contributed by atoms with Crippen LogP contribution in [0.3, 0.4) is 0 Å². The molecule has 1 amide bonds. The van der Waals surface area contributed by atoms with Crippen molar-refractivity contribution in [3.05, 3.63) is 59.0 Å². The van der Waals surface area contributed by atoms with E-state index in [4.69, 9.17) is 4.74 Å². The Balaban J connectivity index is 1.75. The highest BCUT2D eigenvalue weighted by molar-refractivity contribution is 7.20. The Morgan fingerprint density at radius 3 is 2.67 bits per heavy atom. The van der Waals surface area contributed by atoms with E-state index >= 15 is 0 Å².